The molecule has 3 rings (SSSR count). The molecule has 0 spiro atoms. The van der Waals surface area contributed by atoms with Crippen LogP contribution in [0.1, 0.15) is 11.1 Å². The molecule has 1 aromatic heterocycles. The molecule has 0 saturated carbocycles. The van der Waals surface area contributed by atoms with Crippen LogP contribution >= 0.6 is 15.9 Å². The number of furan rings is 1. The molecule has 0 atom stereocenters. The van der Waals surface area contributed by atoms with Crippen molar-refractivity contribution in [3.63, 3.8) is 0 Å². The normalized spacial score (nSPS) is 11.0. The molecule has 2 aromatic carbocycles. The summed E-state index contributed by atoms with van der Waals surface area (Å²) in [6, 6.07) is 9.64. The molecule has 1 N–H and O–H groups in total. The average Bonchev–Trinajstić information content (AvgIpc) is 2.89. The van der Waals surface area contributed by atoms with Crippen molar-refractivity contribution < 1.29 is 18.7 Å². The van der Waals surface area contributed by atoms with Gasteiger partial charge in [-0.2, -0.15) is 0 Å². The number of hydrogen-bond donors (Lipinski definition) is 1. The first-order chi connectivity index (χ1) is 10.2. The Morgan fingerprint density at radius 3 is 2.62 bits per heavy atom. The molecule has 0 saturated heterocycles. The van der Waals surface area contributed by atoms with Crippen LogP contribution in [0.25, 0.3) is 11.0 Å². The van der Waals surface area contributed by atoms with E-state index in [4.69, 9.17) is 9.15 Å². The standard InChI is InChI=1S/C16H12BrFO3/c17-12-5-10(8-20-14-3-1-13(18)2-4-14)16-15(6-12)11(7-19)9-21-16/h1-6,9,19H,7-8H2. The Hall–Kier alpha value is -1.85. The van der Waals surface area contributed by atoms with E-state index in [0.29, 0.717) is 17.9 Å². The van der Waals surface area contributed by atoms with E-state index >= 15 is 0 Å². The number of ether oxygens (including phenoxy) is 1. The first-order valence-corrected chi connectivity index (χ1v) is 7.14. The highest BCUT2D eigenvalue weighted by molar-refractivity contribution is 9.10. The fourth-order valence-electron chi connectivity index (χ4n) is 2.14. The predicted molar refractivity (Wildman–Crippen MR) is 80.6 cm³/mol. The van der Waals surface area contributed by atoms with Gasteiger partial charge in [-0.15, -0.1) is 0 Å². The van der Waals surface area contributed by atoms with Crippen LogP contribution in [0.15, 0.2) is 51.6 Å². The average molecular weight is 351 g/mol. The Morgan fingerprint density at radius 1 is 1.14 bits per heavy atom. The zero-order valence-electron chi connectivity index (χ0n) is 11.0. The summed E-state index contributed by atoms with van der Waals surface area (Å²) in [6.07, 6.45) is 1.54. The molecule has 108 valence electrons. The Morgan fingerprint density at radius 2 is 1.90 bits per heavy atom. The van der Waals surface area contributed by atoms with E-state index in [0.717, 1.165) is 21.0 Å². The van der Waals surface area contributed by atoms with Gasteiger partial charge in [0.15, 0.2) is 0 Å². The summed E-state index contributed by atoms with van der Waals surface area (Å²) >= 11 is 3.44. The van der Waals surface area contributed by atoms with Crippen molar-refractivity contribution in [1.29, 1.82) is 0 Å². The summed E-state index contributed by atoms with van der Waals surface area (Å²) in [6.45, 7) is 0.210. The largest absolute Gasteiger partial charge is 0.489 e. The van der Waals surface area contributed by atoms with Crippen LogP contribution in [-0.4, -0.2) is 5.11 Å². The molecule has 0 aliphatic heterocycles. The van der Waals surface area contributed by atoms with Crippen molar-refractivity contribution in [2.75, 3.05) is 0 Å². The summed E-state index contributed by atoms with van der Waals surface area (Å²) in [7, 11) is 0. The number of fused-ring (bicyclic) bond motifs is 1. The molecule has 0 unspecified atom stereocenters. The lowest BCUT2D eigenvalue weighted by Gasteiger charge is -2.07. The van der Waals surface area contributed by atoms with Crippen LogP contribution in [-0.2, 0) is 13.2 Å². The number of hydrogen-bond acceptors (Lipinski definition) is 3. The smallest absolute Gasteiger partial charge is 0.140 e. The van der Waals surface area contributed by atoms with E-state index in [-0.39, 0.29) is 12.4 Å². The first kappa shape index (κ1) is 14.1. The number of halogens is 2. The van der Waals surface area contributed by atoms with Gasteiger partial charge in [-0.3, -0.25) is 0 Å². The Labute approximate surface area is 129 Å². The van der Waals surface area contributed by atoms with E-state index in [9.17, 15) is 9.50 Å². The van der Waals surface area contributed by atoms with Gasteiger partial charge in [-0.1, -0.05) is 15.9 Å². The number of aliphatic hydroxyl groups excluding tert-OH is 1. The second-order valence-corrected chi connectivity index (χ2v) is 5.52. The van der Waals surface area contributed by atoms with Gasteiger partial charge in [0.05, 0.1) is 12.9 Å². The van der Waals surface area contributed by atoms with Crippen LogP contribution in [0.5, 0.6) is 5.75 Å². The molecule has 21 heavy (non-hydrogen) atoms. The third-order valence-corrected chi connectivity index (χ3v) is 3.63. The van der Waals surface area contributed by atoms with Crippen LogP contribution < -0.4 is 4.74 Å². The lowest BCUT2D eigenvalue weighted by Crippen LogP contribution is -1.96. The molecule has 0 fully saturated rings. The third kappa shape index (κ3) is 2.94. The molecule has 1 heterocycles. The van der Waals surface area contributed by atoms with E-state index < -0.39 is 0 Å². The number of benzene rings is 2. The van der Waals surface area contributed by atoms with Gasteiger partial charge in [-0.05, 0) is 36.4 Å². The van der Waals surface area contributed by atoms with Crippen molar-refractivity contribution >= 4 is 26.9 Å². The Kier molecular flexibility index (Phi) is 3.94. The van der Waals surface area contributed by atoms with Crippen molar-refractivity contribution in [2.45, 2.75) is 13.2 Å². The van der Waals surface area contributed by atoms with Gasteiger partial charge in [-0.25, -0.2) is 4.39 Å². The zero-order valence-corrected chi connectivity index (χ0v) is 12.6. The molecule has 0 aliphatic carbocycles. The quantitative estimate of drug-likeness (QED) is 0.757. The minimum Gasteiger partial charge on any atom is -0.489 e. The minimum absolute atomic E-state index is 0.0816. The lowest BCUT2D eigenvalue weighted by atomic mass is 10.1. The minimum atomic E-state index is -0.300. The highest BCUT2D eigenvalue weighted by Gasteiger charge is 2.11. The van der Waals surface area contributed by atoms with Gasteiger partial charge in [0, 0.05) is 21.0 Å². The maximum absolute atomic E-state index is 12.9. The SMILES string of the molecule is OCc1coc2c(COc3ccc(F)cc3)cc(Br)cc12. The molecular weight excluding hydrogens is 339 g/mol. The molecule has 3 nitrogen and oxygen atoms in total. The highest BCUT2D eigenvalue weighted by atomic mass is 79.9. The Balaban J connectivity index is 1.89. The molecule has 0 aliphatic rings. The molecule has 0 amide bonds. The van der Waals surface area contributed by atoms with E-state index in [2.05, 4.69) is 15.9 Å². The summed E-state index contributed by atoms with van der Waals surface area (Å²) < 4.78 is 24.9. The Bertz CT molecular complexity index is 765. The van der Waals surface area contributed by atoms with Crippen molar-refractivity contribution in [3.05, 3.63) is 64.1 Å². The van der Waals surface area contributed by atoms with Crippen molar-refractivity contribution in [3.8, 4) is 5.75 Å². The maximum Gasteiger partial charge on any atom is 0.140 e. The highest BCUT2D eigenvalue weighted by Crippen LogP contribution is 2.29. The number of aliphatic hydroxyl groups is 1. The molecule has 5 heteroatoms. The van der Waals surface area contributed by atoms with Gasteiger partial charge in [0.2, 0.25) is 0 Å². The topological polar surface area (TPSA) is 42.6 Å². The summed E-state index contributed by atoms with van der Waals surface area (Å²) in [5.74, 6) is 0.282. The zero-order chi connectivity index (χ0) is 14.8. The predicted octanol–water partition coefficient (Wildman–Crippen LogP) is 4.41. The second-order valence-electron chi connectivity index (χ2n) is 4.60. The maximum atomic E-state index is 12.9. The monoisotopic (exact) mass is 350 g/mol. The fourth-order valence-corrected chi connectivity index (χ4v) is 2.65. The van der Waals surface area contributed by atoms with E-state index in [1.807, 2.05) is 12.1 Å². The van der Waals surface area contributed by atoms with Gasteiger partial charge < -0.3 is 14.3 Å². The van der Waals surface area contributed by atoms with Crippen LogP contribution in [0.2, 0.25) is 0 Å². The van der Waals surface area contributed by atoms with E-state index in [1.165, 1.54) is 12.1 Å². The van der Waals surface area contributed by atoms with Crippen LogP contribution in [0.3, 0.4) is 0 Å². The van der Waals surface area contributed by atoms with Crippen LogP contribution in [0, 0.1) is 5.82 Å². The molecule has 3 aromatic rings. The second kappa shape index (κ2) is 5.87. The van der Waals surface area contributed by atoms with Crippen LogP contribution in [0.4, 0.5) is 4.39 Å². The molecule has 0 bridgehead atoms. The van der Waals surface area contributed by atoms with E-state index in [1.54, 1.807) is 18.4 Å². The summed E-state index contributed by atoms with van der Waals surface area (Å²) in [4.78, 5) is 0. The summed E-state index contributed by atoms with van der Waals surface area (Å²) in [5, 5.41) is 10.1. The lowest BCUT2D eigenvalue weighted by molar-refractivity contribution is 0.281. The first-order valence-electron chi connectivity index (χ1n) is 6.35. The van der Waals surface area contributed by atoms with Crippen molar-refractivity contribution in [2.24, 2.45) is 0 Å². The van der Waals surface area contributed by atoms with Gasteiger partial charge in [0.25, 0.3) is 0 Å². The fraction of sp³-hybridized carbons (Fsp3) is 0.125. The molecular formula is C16H12BrFO3. The van der Waals surface area contributed by atoms with Gasteiger partial charge >= 0.3 is 0 Å². The molecule has 0 radical (unpaired) electrons. The summed E-state index contributed by atoms with van der Waals surface area (Å²) in [5.41, 5.74) is 2.27. The van der Waals surface area contributed by atoms with Gasteiger partial charge in [0.1, 0.15) is 23.8 Å². The third-order valence-electron chi connectivity index (χ3n) is 3.17. The van der Waals surface area contributed by atoms with Crippen molar-refractivity contribution in [1.82, 2.24) is 0 Å². The number of rotatable bonds is 4.